The molecule has 2 aromatic carbocycles. The van der Waals surface area contributed by atoms with Crippen molar-refractivity contribution in [1.29, 1.82) is 0 Å². The predicted octanol–water partition coefficient (Wildman–Crippen LogP) is 5.24. The second-order valence-corrected chi connectivity index (χ2v) is 5.59. The van der Waals surface area contributed by atoms with Gasteiger partial charge in [0.2, 0.25) is 0 Å². The van der Waals surface area contributed by atoms with Crippen molar-refractivity contribution < 1.29 is 4.79 Å². The highest BCUT2D eigenvalue weighted by Gasteiger charge is 2.13. The third-order valence-electron chi connectivity index (χ3n) is 3.39. The van der Waals surface area contributed by atoms with Gasteiger partial charge in [0.05, 0.1) is 11.2 Å². The van der Waals surface area contributed by atoms with Gasteiger partial charge in [-0.15, -0.1) is 0 Å². The number of hydrogen-bond acceptors (Lipinski definition) is 2. The Hall–Kier alpha value is -1.90. The van der Waals surface area contributed by atoms with Crippen LogP contribution in [0, 0.1) is 6.92 Å². The Balaban J connectivity index is 2.32. The molecule has 0 bridgehead atoms. The Kier molecular flexibility index (Phi) is 3.66. The van der Waals surface area contributed by atoms with Crippen LogP contribution >= 0.6 is 23.2 Å². The van der Waals surface area contributed by atoms with Crippen LogP contribution in [0.2, 0.25) is 5.02 Å². The summed E-state index contributed by atoms with van der Waals surface area (Å²) in [6.07, 6.45) is 0. The molecule has 0 aliphatic carbocycles. The van der Waals surface area contributed by atoms with Crippen molar-refractivity contribution >= 4 is 39.3 Å². The lowest BCUT2D eigenvalue weighted by Crippen LogP contribution is -1.97. The van der Waals surface area contributed by atoms with Crippen molar-refractivity contribution in [2.45, 2.75) is 6.92 Å². The maximum Gasteiger partial charge on any atom is 0.253 e. The number of carbonyl (C=O) groups is 1. The minimum absolute atomic E-state index is 0.468. The first-order chi connectivity index (χ1) is 10.1. The fourth-order valence-electron chi connectivity index (χ4n) is 2.32. The highest BCUT2D eigenvalue weighted by atomic mass is 35.5. The van der Waals surface area contributed by atoms with Crippen LogP contribution in [0.5, 0.6) is 0 Å². The molecule has 3 rings (SSSR count). The van der Waals surface area contributed by atoms with Crippen molar-refractivity contribution in [2.24, 2.45) is 0 Å². The Bertz CT molecular complexity index is 841. The molecule has 0 saturated heterocycles. The number of hydrogen-bond donors (Lipinski definition) is 0. The summed E-state index contributed by atoms with van der Waals surface area (Å²) in [5, 5.41) is 0.945. The van der Waals surface area contributed by atoms with Crippen molar-refractivity contribution in [2.75, 3.05) is 0 Å². The van der Waals surface area contributed by atoms with Gasteiger partial charge in [0.25, 0.3) is 5.24 Å². The quantitative estimate of drug-likeness (QED) is 0.605. The predicted molar refractivity (Wildman–Crippen MR) is 87.1 cm³/mol. The van der Waals surface area contributed by atoms with E-state index in [2.05, 4.69) is 4.98 Å². The number of aromatic nitrogens is 1. The molecule has 0 amide bonds. The zero-order valence-electron chi connectivity index (χ0n) is 11.2. The van der Waals surface area contributed by atoms with E-state index in [1.807, 2.05) is 37.3 Å². The van der Waals surface area contributed by atoms with Crippen LogP contribution in [-0.2, 0) is 0 Å². The molecule has 0 radical (unpaired) electrons. The van der Waals surface area contributed by atoms with Crippen LogP contribution in [0.4, 0.5) is 0 Å². The number of pyridine rings is 1. The number of para-hydroxylation sites is 1. The molecule has 0 unspecified atom stereocenters. The molecule has 2 nitrogen and oxygen atoms in total. The lowest BCUT2D eigenvalue weighted by molar-refractivity contribution is 0.108. The molecule has 21 heavy (non-hydrogen) atoms. The molecule has 0 N–H and O–H groups in total. The number of aryl methyl sites for hydroxylation is 1. The third-order valence-corrected chi connectivity index (χ3v) is 3.85. The summed E-state index contributed by atoms with van der Waals surface area (Å²) in [7, 11) is 0. The molecule has 0 atom stereocenters. The smallest absolute Gasteiger partial charge is 0.253 e. The third kappa shape index (κ3) is 2.65. The molecule has 0 aliphatic heterocycles. The summed E-state index contributed by atoms with van der Waals surface area (Å²) < 4.78 is 0. The first-order valence-electron chi connectivity index (χ1n) is 6.42. The standard InChI is InChI=1S/C17H11Cl2NO/c1-10-3-2-4-13-14(17(19)21)9-15(20-16(10)13)11-5-7-12(18)8-6-11/h2-9H,1H3. The van der Waals surface area contributed by atoms with Gasteiger partial charge in [-0.05, 0) is 42.3 Å². The van der Waals surface area contributed by atoms with Gasteiger partial charge in [-0.2, -0.15) is 0 Å². The highest BCUT2D eigenvalue weighted by molar-refractivity contribution is 6.68. The van der Waals surface area contributed by atoms with Gasteiger partial charge in [0.1, 0.15) is 0 Å². The molecule has 3 aromatic rings. The monoisotopic (exact) mass is 315 g/mol. The van der Waals surface area contributed by atoms with Crippen molar-refractivity contribution in [3.63, 3.8) is 0 Å². The summed E-state index contributed by atoms with van der Waals surface area (Å²) >= 11 is 11.6. The maximum atomic E-state index is 11.7. The lowest BCUT2D eigenvalue weighted by atomic mass is 10.0. The van der Waals surface area contributed by atoms with Crippen molar-refractivity contribution in [1.82, 2.24) is 4.98 Å². The Labute approximate surface area is 132 Å². The van der Waals surface area contributed by atoms with Gasteiger partial charge >= 0.3 is 0 Å². The molecular weight excluding hydrogens is 305 g/mol. The number of rotatable bonds is 2. The number of fused-ring (bicyclic) bond motifs is 1. The molecular formula is C17H11Cl2NO. The molecule has 0 saturated carbocycles. The SMILES string of the molecule is Cc1cccc2c(C(=O)Cl)cc(-c3ccc(Cl)cc3)nc12. The van der Waals surface area contributed by atoms with Crippen LogP contribution in [0.15, 0.2) is 48.5 Å². The lowest BCUT2D eigenvalue weighted by Gasteiger charge is -2.09. The largest absolute Gasteiger partial charge is 0.276 e. The average molecular weight is 316 g/mol. The van der Waals surface area contributed by atoms with Gasteiger partial charge in [0.15, 0.2) is 0 Å². The van der Waals surface area contributed by atoms with Crippen LogP contribution < -0.4 is 0 Å². The topological polar surface area (TPSA) is 30.0 Å². The molecule has 0 fully saturated rings. The number of benzene rings is 2. The zero-order valence-corrected chi connectivity index (χ0v) is 12.7. The van der Waals surface area contributed by atoms with E-state index in [1.165, 1.54) is 0 Å². The van der Waals surface area contributed by atoms with Crippen molar-refractivity contribution in [3.05, 3.63) is 64.7 Å². The maximum absolute atomic E-state index is 11.7. The van der Waals surface area contributed by atoms with E-state index < -0.39 is 5.24 Å². The van der Waals surface area contributed by atoms with Crippen LogP contribution in [-0.4, -0.2) is 10.2 Å². The van der Waals surface area contributed by atoms with Gasteiger partial charge in [-0.3, -0.25) is 4.79 Å². The molecule has 104 valence electrons. The first-order valence-corrected chi connectivity index (χ1v) is 7.18. The van der Waals surface area contributed by atoms with E-state index >= 15 is 0 Å². The zero-order chi connectivity index (χ0) is 15.0. The van der Waals surface area contributed by atoms with Gasteiger partial charge in [0, 0.05) is 21.5 Å². The number of halogens is 2. The Morgan fingerprint density at radius 3 is 2.48 bits per heavy atom. The van der Waals surface area contributed by atoms with E-state index in [-0.39, 0.29) is 0 Å². The van der Waals surface area contributed by atoms with Gasteiger partial charge < -0.3 is 0 Å². The van der Waals surface area contributed by atoms with E-state index in [1.54, 1.807) is 18.2 Å². The Morgan fingerprint density at radius 1 is 1.10 bits per heavy atom. The summed E-state index contributed by atoms with van der Waals surface area (Å²) in [6, 6.07) is 14.8. The first kappa shape index (κ1) is 14.1. The van der Waals surface area contributed by atoms with E-state index in [0.29, 0.717) is 16.3 Å². The molecule has 0 spiro atoms. The van der Waals surface area contributed by atoms with Gasteiger partial charge in [-0.1, -0.05) is 41.9 Å². The summed E-state index contributed by atoms with van der Waals surface area (Å²) in [5.74, 6) is 0. The van der Waals surface area contributed by atoms with Crippen molar-refractivity contribution in [3.8, 4) is 11.3 Å². The average Bonchev–Trinajstić information content (AvgIpc) is 2.47. The molecule has 1 heterocycles. The molecule has 0 aliphatic rings. The minimum atomic E-state index is -0.483. The fourth-order valence-corrected chi connectivity index (χ4v) is 2.61. The molecule has 4 heteroatoms. The number of nitrogens with zero attached hydrogens (tertiary/aromatic N) is 1. The summed E-state index contributed by atoms with van der Waals surface area (Å²) in [5.41, 5.74) is 3.85. The number of carbonyl (C=O) groups excluding carboxylic acids is 1. The van der Waals surface area contributed by atoms with Crippen LogP contribution in [0.3, 0.4) is 0 Å². The second kappa shape index (κ2) is 5.47. The van der Waals surface area contributed by atoms with E-state index in [9.17, 15) is 4.79 Å². The Morgan fingerprint density at radius 2 is 1.81 bits per heavy atom. The van der Waals surface area contributed by atoms with E-state index in [4.69, 9.17) is 23.2 Å². The van der Waals surface area contributed by atoms with Gasteiger partial charge in [-0.25, -0.2) is 4.98 Å². The normalized spacial score (nSPS) is 10.8. The van der Waals surface area contributed by atoms with E-state index in [0.717, 1.165) is 22.0 Å². The van der Waals surface area contributed by atoms with Crippen LogP contribution in [0.1, 0.15) is 15.9 Å². The highest BCUT2D eigenvalue weighted by Crippen LogP contribution is 2.28. The van der Waals surface area contributed by atoms with Crippen LogP contribution in [0.25, 0.3) is 22.2 Å². The second-order valence-electron chi connectivity index (χ2n) is 4.81. The molecule has 1 aromatic heterocycles. The minimum Gasteiger partial charge on any atom is -0.276 e. The fraction of sp³-hybridized carbons (Fsp3) is 0.0588. The summed E-state index contributed by atoms with van der Waals surface area (Å²) in [4.78, 5) is 16.4. The summed E-state index contributed by atoms with van der Waals surface area (Å²) in [6.45, 7) is 1.96.